The van der Waals surface area contributed by atoms with Crippen LogP contribution in [0.5, 0.6) is 0 Å². The molecule has 0 aromatic heterocycles. The summed E-state index contributed by atoms with van der Waals surface area (Å²) in [6, 6.07) is -0.699. The van der Waals surface area contributed by atoms with E-state index in [0.717, 1.165) is 13.1 Å². The van der Waals surface area contributed by atoms with Gasteiger partial charge in [0.05, 0.1) is 30.1 Å². The zero-order valence-corrected chi connectivity index (χ0v) is 18.3. The number of carboxylic acids is 1. The van der Waals surface area contributed by atoms with Gasteiger partial charge in [0.2, 0.25) is 5.91 Å². The minimum atomic E-state index is -1.11. The van der Waals surface area contributed by atoms with Crippen molar-refractivity contribution in [1.29, 1.82) is 0 Å². The molecule has 4 rings (SSSR count). The van der Waals surface area contributed by atoms with Crippen molar-refractivity contribution in [2.75, 3.05) is 33.2 Å². The van der Waals surface area contributed by atoms with Crippen molar-refractivity contribution in [3.63, 3.8) is 0 Å². The van der Waals surface area contributed by atoms with E-state index in [-0.39, 0.29) is 46.7 Å². The van der Waals surface area contributed by atoms with Crippen LogP contribution in [0, 0.1) is 11.8 Å². The third-order valence-electron chi connectivity index (χ3n) is 6.88. The topological polar surface area (TPSA) is 122 Å². The Morgan fingerprint density at radius 2 is 2.03 bits per heavy atom. The smallest absolute Gasteiger partial charge is 0.353 e. The highest BCUT2D eigenvalue weighted by Crippen LogP contribution is 2.51. The van der Waals surface area contributed by atoms with Gasteiger partial charge >= 0.3 is 5.97 Å². The van der Waals surface area contributed by atoms with Gasteiger partial charge in [0.15, 0.2) is 5.78 Å². The van der Waals surface area contributed by atoms with E-state index in [0.29, 0.717) is 24.4 Å². The Morgan fingerprint density at radius 1 is 1.30 bits per heavy atom. The van der Waals surface area contributed by atoms with E-state index in [4.69, 9.17) is 0 Å². The Bertz CT molecular complexity index is 787. The Kier molecular flexibility index (Phi) is 5.97. The van der Waals surface area contributed by atoms with Gasteiger partial charge in [0.25, 0.3) is 0 Å². The van der Waals surface area contributed by atoms with Crippen LogP contribution in [-0.2, 0) is 14.4 Å². The fraction of sp³-hybridized carbons (Fsp3) is 0.750. The Morgan fingerprint density at radius 3 is 2.67 bits per heavy atom. The number of fused-ring (bicyclic) bond motifs is 1. The molecule has 4 N–H and O–H groups in total. The molecule has 3 saturated heterocycles. The van der Waals surface area contributed by atoms with Crippen LogP contribution in [-0.4, -0.2) is 100 Å². The molecule has 0 aliphatic carbocycles. The number of nitrogens with one attached hydrogen (secondary N) is 2. The van der Waals surface area contributed by atoms with E-state index in [1.54, 1.807) is 6.92 Å². The zero-order chi connectivity index (χ0) is 21.7. The fourth-order valence-corrected chi connectivity index (χ4v) is 6.70. The number of piperazine rings is 1. The van der Waals surface area contributed by atoms with Gasteiger partial charge in [-0.3, -0.25) is 14.5 Å². The number of rotatable bonds is 6. The van der Waals surface area contributed by atoms with Crippen LogP contribution in [0.15, 0.2) is 10.6 Å². The molecule has 0 spiro atoms. The summed E-state index contributed by atoms with van der Waals surface area (Å²) in [5, 5.41) is 26.4. The van der Waals surface area contributed by atoms with E-state index < -0.39 is 18.0 Å². The number of amides is 1. The molecular formula is C20H30N4O5S. The fourth-order valence-electron chi connectivity index (χ4n) is 5.22. The number of ketones is 1. The van der Waals surface area contributed by atoms with Crippen LogP contribution >= 0.6 is 11.8 Å². The molecule has 4 aliphatic heterocycles. The largest absolute Gasteiger partial charge is 0.477 e. The summed E-state index contributed by atoms with van der Waals surface area (Å²) in [5.41, 5.74) is 0.0467. The Hall–Kier alpha value is -1.46. The van der Waals surface area contributed by atoms with Crippen molar-refractivity contribution in [1.82, 2.24) is 20.4 Å². The van der Waals surface area contributed by atoms with Gasteiger partial charge in [0.1, 0.15) is 5.70 Å². The van der Waals surface area contributed by atoms with Gasteiger partial charge < -0.3 is 25.7 Å². The summed E-state index contributed by atoms with van der Waals surface area (Å²) < 4.78 is 0. The molecule has 9 nitrogen and oxygen atoms in total. The van der Waals surface area contributed by atoms with Crippen molar-refractivity contribution in [2.45, 2.75) is 49.7 Å². The van der Waals surface area contributed by atoms with E-state index in [1.807, 2.05) is 14.0 Å². The molecule has 7 atom stereocenters. The molecule has 0 aromatic rings. The lowest BCUT2D eigenvalue weighted by atomic mass is 9.79. The summed E-state index contributed by atoms with van der Waals surface area (Å²) in [7, 11) is 1.97. The summed E-state index contributed by atoms with van der Waals surface area (Å²) in [4.78, 5) is 41.5. The van der Waals surface area contributed by atoms with Gasteiger partial charge in [-0.15, -0.1) is 11.8 Å². The van der Waals surface area contributed by atoms with Crippen molar-refractivity contribution >= 4 is 29.4 Å². The second kappa shape index (κ2) is 8.23. The number of carbonyl (C=O) groups is 3. The molecule has 4 aliphatic rings. The van der Waals surface area contributed by atoms with Crippen molar-refractivity contribution in [3.05, 3.63) is 10.6 Å². The summed E-state index contributed by atoms with van der Waals surface area (Å²) in [5.74, 6) is -1.97. The van der Waals surface area contributed by atoms with Crippen molar-refractivity contribution in [2.24, 2.45) is 11.8 Å². The number of hydrogen-bond donors (Lipinski definition) is 4. The maximum absolute atomic E-state index is 13.0. The molecular weight excluding hydrogens is 408 g/mol. The normalized spacial score (nSPS) is 37.9. The lowest BCUT2D eigenvalue weighted by Gasteiger charge is -2.46. The lowest BCUT2D eigenvalue weighted by molar-refractivity contribution is -0.163. The molecule has 1 amide bonds. The van der Waals surface area contributed by atoms with Gasteiger partial charge in [0, 0.05) is 42.3 Å². The van der Waals surface area contributed by atoms with Crippen molar-refractivity contribution < 1.29 is 24.6 Å². The predicted octanol–water partition coefficient (Wildman–Crippen LogP) is -0.923. The predicted molar refractivity (Wildman–Crippen MR) is 112 cm³/mol. The highest BCUT2D eigenvalue weighted by Gasteiger charge is 2.60. The molecule has 0 saturated carbocycles. The number of thioether (sulfide) groups is 1. The third-order valence-corrected chi connectivity index (χ3v) is 8.39. The number of likely N-dealkylation sites (N-methyl/N-ethyl adjacent to an activating group) is 1. The molecule has 30 heavy (non-hydrogen) atoms. The maximum Gasteiger partial charge on any atom is 0.353 e. The van der Waals surface area contributed by atoms with Crippen LogP contribution in [0.1, 0.15) is 20.3 Å². The SMILES string of the molecule is CC(O)C1C(=O)N2C(C(=O)O)=C(SC3CNC(C(=O)C4CNCCN4C)C3)C(C)[C@@H]12. The van der Waals surface area contributed by atoms with E-state index in [9.17, 15) is 24.6 Å². The monoisotopic (exact) mass is 438 g/mol. The molecule has 0 radical (unpaired) electrons. The average molecular weight is 439 g/mol. The van der Waals surface area contributed by atoms with Crippen LogP contribution < -0.4 is 10.6 Å². The molecule has 0 aromatic carbocycles. The first-order chi connectivity index (χ1) is 14.2. The first-order valence-electron chi connectivity index (χ1n) is 10.6. The summed E-state index contributed by atoms with van der Waals surface area (Å²) in [6.45, 7) is 6.48. The second-order valence-electron chi connectivity index (χ2n) is 8.81. The number of β-lactam (4-membered cyclic amide) rings is 1. The van der Waals surface area contributed by atoms with Crippen LogP contribution in [0.25, 0.3) is 0 Å². The number of aliphatic hydroxyl groups is 1. The summed E-state index contributed by atoms with van der Waals surface area (Å²) in [6.07, 6.45) is -0.174. The van der Waals surface area contributed by atoms with Gasteiger partial charge in [-0.25, -0.2) is 4.79 Å². The van der Waals surface area contributed by atoms with Gasteiger partial charge in [-0.05, 0) is 20.4 Å². The molecule has 4 heterocycles. The minimum Gasteiger partial charge on any atom is -0.477 e. The van der Waals surface area contributed by atoms with E-state index in [2.05, 4.69) is 15.5 Å². The first kappa shape index (κ1) is 21.8. The highest BCUT2D eigenvalue weighted by atomic mass is 32.2. The number of carbonyl (C=O) groups excluding carboxylic acids is 2. The number of hydrogen-bond acceptors (Lipinski definition) is 8. The van der Waals surface area contributed by atoms with Crippen LogP contribution in [0.3, 0.4) is 0 Å². The average Bonchev–Trinajstić information content (AvgIpc) is 3.24. The number of aliphatic carboxylic acids is 1. The van der Waals surface area contributed by atoms with Crippen molar-refractivity contribution in [3.8, 4) is 0 Å². The molecule has 166 valence electrons. The number of Topliss-reactive ketones (excluding diaryl/α,β-unsaturated/α-hetero) is 1. The van der Waals surface area contributed by atoms with Crippen LogP contribution in [0.2, 0.25) is 0 Å². The van der Waals surface area contributed by atoms with E-state index >= 15 is 0 Å². The molecule has 3 fully saturated rings. The number of aliphatic hydroxyl groups excluding tert-OH is 1. The zero-order valence-electron chi connectivity index (χ0n) is 17.5. The third kappa shape index (κ3) is 3.48. The highest BCUT2D eigenvalue weighted by molar-refractivity contribution is 8.03. The molecule has 10 heteroatoms. The van der Waals surface area contributed by atoms with Gasteiger partial charge in [-0.2, -0.15) is 0 Å². The first-order valence-corrected chi connectivity index (χ1v) is 11.4. The quantitative estimate of drug-likeness (QED) is 0.390. The van der Waals surface area contributed by atoms with Gasteiger partial charge in [-0.1, -0.05) is 6.92 Å². The number of nitrogens with zero attached hydrogens (tertiary/aromatic N) is 2. The molecule has 0 bridgehead atoms. The second-order valence-corrected chi connectivity index (χ2v) is 10.2. The summed E-state index contributed by atoms with van der Waals surface area (Å²) >= 11 is 1.47. The van der Waals surface area contributed by atoms with E-state index in [1.165, 1.54) is 16.7 Å². The lowest BCUT2D eigenvalue weighted by Crippen LogP contribution is -2.63. The maximum atomic E-state index is 13.0. The van der Waals surface area contributed by atoms with Crippen LogP contribution in [0.4, 0.5) is 0 Å². The number of carboxylic acid groups (broad SMARTS) is 1. The Balaban J connectivity index is 1.46. The molecule has 6 unspecified atom stereocenters. The standard InChI is InChI=1S/C20H30N4O5S/c1-9-15-14(10(2)25)19(27)24(15)16(20(28)29)18(9)30-11-6-12(22-7-11)17(26)13-8-21-4-5-23(13)3/h9-15,21-22,25H,4-8H2,1-3H3,(H,28,29)/t9?,10?,11?,12?,13?,14?,15-/m0/s1. The Labute approximate surface area is 180 Å². The minimum absolute atomic E-state index is 0.0467.